The van der Waals surface area contributed by atoms with Gasteiger partial charge in [-0.2, -0.15) is 0 Å². The average Bonchev–Trinajstić information content (AvgIpc) is 2.41. The second kappa shape index (κ2) is 6.26. The number of aryl methyl sites for hydroxylation is 1. The van der Waals surface area contributed by atoms with E-state index in [9.17, 15) is 4.79 Å². The van der Waals surface area contributed by atoms with E-state index in [2.05, 4.69) is 47.1 Å². The number of rotatable bonds is 4. The van der Waals surface area contributed by atoms with Crippen molar-refractivity contribution in [3.8, 4) is 0 Å². The van der Waals surface area contributed by atoms with Crippen LogP contribution in [0.2, 0.25) is 0 Å². The number of hydrogen-bond donors (Lipinski definition) is 1. The number of carbonyl (C=O) groups is 1. The van der Waals surface area contributed by atoms with Gasteiger partial charge in [-0.1, -0.05) is 30.8 Å². The quantitative estimate of drug-likeness (QED) is 0.866. The Hall–Kier alpha value is -1.26. The lowest BCUT2D eigenvalue weighted by atomic mass is 10.2. The summed E-state index contributed by atoms with van der Waals surface area (Å²) in [5.41, 5.74) is 1.58. The van der Waals surface area contributed by atoms with Crippen LogP contribution >= 0.6 is 27.7 Å². The number of carboxylic acids is 1. The maximum absolute atomic E-state index is 11.1. The molecule has 0 amide bonds. The lowest BCUT2D eigenvalue weighted by molar-refractivity contribution is 0.0695. The zero-order chi connectivity index (χ0) is 13.8. The molecule has 0 fully saturated rings. The Morgan fingerprint density at radius 2 is 1.79 bits per heavy atom. The smallest absolute Gasteiger partial charge is 0.336 e. The zero-order valence-electron chi connectivity index (χ0n) is 10.4. The van der Waals surface area contributed by atoms with Crippen LogP contribution in [0, 0.1) is 0 Å². The van der Waals surface area contributed by atoms with Crippen molar-refractivity contribution in [2.45, 2.75) is 23.1 Å². The Morgan fingerprint density at radius 3 is 2.37 bits per heavy atom. The fourth-order valence-electron chi connectivity index (χ4n) is 1.66. The van der Waals surface area contributed by atoms with Crippen LogP contribution in [0.3, 0.4) is 0 Å². The standard InChI is InChI=1S/C15H13BrO2S/c1-2-10-3-5-11(6-4-10)19-12-7-8-14(16)13(9-12)15(17)18/h3-9H,2H2,1H3,(H,17,18). The molecule has 0 aliphatic carbocycles. The summed E-state index contributed by atoms with van der Waals surface area (Å²) in [6, 6.07) is 13.7. The van der Waals surface area contributed by atoms with Crippen LogP contribution in [0.25, 0.3) is 0 Å². The van der Waals surface area contributed by atoms with E-state index in [1.54, 1.807) is 23.9 Å². The van der Waals surface area contributed by atoms with E-state index in [4.69, 9.17) is 5.11 Å². The van der Waals surface area contributed by atoms with Gasteiger partial charge in [-0.05, 0) is 58.2 Å². The maximum atomic E-state index is 11.1. The summed E-state index contributed by atoms with van der Waals surface area (Å²) < 4.78 is 0.602. The fourth-order valence-corrected chi connectivity index (χ4v) is 2.93. The number of aromatic carboxylic acids is 1. The van der Waals surface area contributed by atoms with E-state index in [-0.39, 0.29) is 5.56 Å². The molecule has 2 aromatic carbocycles. The molecule has 0 heterocycles. The third-order valence-corrected chi connectivity index (χ3v) is 4.42. The molecule has 0 aliphatic heterocycles. The van der Waals surface area contributed by atoms with Crippen molar-refractivity contribution >= 4 is 33.7 Å². The van der Waals surface area contributed by atoms with Crippen molar-refractivity contribution in [3.05, 3.63) is 58.1 Å². The SMILES string of the molecule is CCc1ccc(Sc2ccc(Br)c(C(=O)O)c2)cc1. The lowest BCUT2D eigenvalue weighted by Crippen LogP contribution is -1.97. The lowest BCUT2D eigenvalue weighted by Gasteiger charge is -2.05. The van der Waals surface area contributed by atoms with Gasteiger partial charge in [0.25, 0.3) is 0 Å². The van der Waals surface area contributed by atoms with Crippen molar-refractivity contribution < 1.29 is 9.90 Å². The molecule has 19 heavy (non-hydrogen) atoms. The van der Waals surface area contributed by atoms with Crippen LogP contribution < -0.4 is 0 Å². The molecular formula is C15H13BrO2S. The zero-order valence-corrected chi connectivity index (χ0v) is 12.8. The van der Waals surface area contributed by atoms with Gasteiger partial charge in [0, 0.05) is 14.3 Å². The largest absolute Gasteiger partial charge is 0.478 e. The molecule has 0 aromatic heterocycles. The Kier molecular flexibility index (Phi) is 4.66. The third kappa shape index (κ3) is 3.61. The van der Waals surface area contributed by atoms with Gasteiger partial charge in [-0.25, -0.2) is 4.79 Å². The van der Waals surface area contributed by atoms with Gasteiger partial charge < -0.3 is 5.11 Å². The Morgan fingerprint density at radius 1 is 1.16 bits per heavy atom. The van der Waals surface area contributed by atoms with E-state index in [0.29, 0.717) is 4.47 Å². The maximum Gasteiger partial charge on any atom is 0.336 e. The normalized spacial score (nSPS) is 10.4. The van der Waals surface area contributed by atoms with Gasteiger partial charge in [-0.3, -0.25) is 0 Å². The first-order valence-electron chi connectivity index (χ1n) is 5.90. The molecule has 0 spiro atoms. The molecule has 0 bridgehead atoms. The Bertz CT molecular complexity index is 594. The van der Waals surface area contributed by atoms with E-state index in [1.807, 2.05) is 6.07 Å². The second-order valence-corrected chi connectivity index (χ2v) is 6.05. The van der Waals surface area contributed by atoms with Crippen molar-refractivity contribution in [3.63, 3.8) is 0 Å². The molecule has 0 atom stereocenters. The number of hydrogen-bond acceptors (Lipinski definition) is 2. The van der Waals surface area contributed by atoms with E-state index >= 15 is 0 Å². The Labute approximate surface area is 125 Å². The minimum Gasteiger partial charge on any atom is -0.478 e. The minimum absolute atomic E-state index is 0.287. The van der Waals surface area contributed by atoms with E-state index in [1.165, 1.54) is 5.56 Å². The molecule has 2 rings (SSSR count). The summed E-state index contributed by atoms with van der Waals surface area (Å²) in [6.07, 6.45) is 1.02. The van der Waals surface area contributed by atoms with Crippen molar-refractivity contribution in [2.75, 3.05) is 0 Å². The van der Waals surface area contributed by atoms with Crippen LogP contribution in [0.5, 0.6) is 0 Å². The highest BCUT2D eigenvalue weighted by Crippen LogP contribution is 2.30. The van der Waals surface area contributed by atoms with Gasteiger partial charge in [-0.15, -0.1) is 0 Å². The molecule has 1 N–H and O–H groups in total. The molecule has 2 nitrogen and oxygen atoms in total. The van der Waals surface area contributed by atoms with Gasteiger partial charge in [0.1, 0.15) is 0 Å². The second-order valence-electron chi connectivity index (χ2n) is 4.05. The monoisotopic (exact) mass is 336 g/mol. The fraction of sp³-hybridized carbons (Fsp3) is 0.133. The number of benzene rings is 2. The topological polar surface area (TPSA) is 37.3 Å². The third-order valence-electron chi connectivity index (χ3n) is 2.74. The number of carboxylic acid groups (broad SMARTS) is 1. The highest BCUT2D eigenvalue weighted by molar-refractivity contribution is 9.10. The summed E-state index contributed by atoms with van der Waals surface area (Å²) in [5, 5.41) is 9.09. The highest BCUT2D eigenvalue weighted by atomic mass is 79.9. The summed E-state index contributed by atoms with van der Waals surface area (Å²) in [5.74, 6) is -0.921. The van der Waals surface area contributed by atoms with Crippen molar-refractivity contribution in [2.24, 2.45) is 0 Å². The van der Waals surface area contributed by atoms with Gasteiger partial charge in [0.05, 0.1) is 5.56 Å². The molecule has 98 valence electrons. The summed E-state index contributed by atoms with van der Waals surface area (Å²) in [4.78, 5) is 13.1. The van der Waals surface area contributed by atoms with Gasteiger partial charge in [0.15, 0.2) is 0 Å². The average molecular weight is 337 g/mol. The summed E-state index contributed by atoms with van der Waals surface area (Å²) >= 11 is 4.81. The predicted molar refractivity (Wildman–Crippen MR) is 81.0 cm³/mol. The summed E-state index contributed by atoms with van der Waals surface area (Å²) in [6.45, 7) is 2.12. The van der Waals surface area contributed by atoms with E-state index in [0.717, 1.165) is 16.2 Å². The first-order chi connectivity index (χ1) is 9.10. The van der Waals surface area contributed by atoms with Gasteiger partial charge in [0.2, 0.25) is 0 Å². The van der Waals surface area contributed by atoms with Gasteiger partial charge >= 0.3 is 5.97 Å². The Balaban J connectivity index is 2.22. The highest BCUT2D eigenvalue weighted by Gasteiger charge is 2.09. The van der Waals surface area contributed by atoms with Crippen molar-refractivity contribution in [1.29, 1.82) is 0 Å². The molecular weight excluding hydrogens is 324 g/mol. The molecule has 0 saturated carbocycles. The molecule has 0 unspecified atom stereocenters. The van der Waals surface area contributed by atoms with Crippen LogP contribution in [0.4, 0.5) is 0 Å². The van der Waals surface area contributed by atoms with Crippen molar-refractivity contribution in [1.82, 2.24) is 0 Å². The molecule has 0 radical (unpaired) electrons. The first kappa shape index (κ1) is 14.2. The van der Waals surface area contributed by atoms with Crippen LogP contribution in [-0.4, -0.2) is 11.1 Å². The molecule has 0 aliphatic rings. The number of halogens is 1. The predicted octanol–water partition coefficient (Wildman–Crippen LogP) is 4.86. The van der Waals surface area contributed by atoms with Crippen LogP contribution in [-0.2, 0) is 6.42 Å². The molecule has 2 aromatic rings. The first-order valence-corrected chi connectivity index (χ1v) is 7.50. The molecule has 0 saturated heterocycles. The molecule has 4 heteroatoms. The summed E-state index contributed by atoms with van der Waals surface area (Å²) in [7, 11) is 0. The minimum atomic E-state index is -0.921. The van der Waals surface area contributed by atoms with E-state index < -0.39 is 5.97 Å². The van der Waals surface area contributed by atoms with Crippen LogP contribution in [0.1, 0.15) is 22.8 Å². The van der Waals surface area contributed by atoms with Crippen LogP contribution in [0.15, 0.2) is 56.7 Å².